The fraction of sp³-hybridized carbons (Fsp3) is 0.391. The van der Waals surface area contributed by atoms with Gasteiger partial charge in [-0.05, 0) is 60.9 Å². The van der Waals surface area contributed by atoms with Crippen LogP contribution in [0.15, 0.2) is 41.5 Å². The predicted molar refractivity (Wildman–Crippen MR) is 109 cm³/mol. The number of hydrogen-bond donors (Lipinski definition) is 0. The average molecular weight is 449 g/mol. The molecule has 2 aromatic rings. The van der Waals surface area contributed by atoms with Gasteiger partial charge in [-0.25, -0.2) is 18.2 Å². The average Bonchev–Trinajstić information content (AvgIpc) is 3.40. The number of rotatable bonds is 5. The van der Waals surface area contributed by atoms with E-state index in [1.807, 2.05) is 0 Å². The lowest BCUT2D eigenvalue weighted by Gasteiger charge is -2.40. The van der Waals surface area contributed by atoms with Crippen LogP contribution in [0.3, 0.4) is 0 Å². The maximum atomic E-state index is 13.7. The zero-order valence-electron chi connectivity index (χ0n) is 16.5. The van der Waals surface area contributed by atoms with Gasteiger partial charge in [-0.3, -0.25) is 4.79 Å². The standard InChI is InChI=1S/C23H20ClF3N2O2/c24-21-18(27)2-1-3-20(21)31-12-15-11-23(9-14(15)10-23)22(30)29-19(4-5-28-29)13-6-16(25)8-17(26)7-13/h1-3,5-8,14-15,19H,4,9-12H2. The summed E-state index contributed by atoms with van der Waals surface area (Å²) in [4.78, 5) is 13.4. The zero-order chi connectivity index (χ0) is 21.8. The van der Waals surface area contributed by atoms with Crippen LogP contribution < -0.4 is 4.74 Å². The summed E-state index contributed by atoms with van der Waals surface area (Å²) in [5.74, 6) is -1.21. The molecule has 3 fully saturated rings. The summed E-state index contributed by atoms with van der Waals surface area (Å²) in [6.45, 7) is 0.352. The van der Waals surface area contributed by atoms with Gasteiger partial charge in [-0.1, -0.05) is 17.7 Å². The number of ether oxygens (including phenoxy) is 1. The van der Waals surface area contributed by atoms with Crippen molar-refractivity contribution < 1.29 is 22.7 Å². The van der Waals surface area contributed by atoms with Crippen LogP contribution >= 0.6 is 11.6 Å². The lowest BCUT2D eigenvalue weighted by molar-refractivity contribution is -0.148. The van der Waals surface area contributed by atoms with Crippen LogP contribution in [0.2, 0.25) is 5.02 Å². The molecule has 6 rings (SSSR count). The Morgan fingerprint density at radius 1 is 1.16 bits per heavy atom. The second-order valence-electron chi connectivity index (χ2n) is 8.68. The summed E-state index contributed by atoms with van der Waals surface area (Å²) < 4.78 is 46.7. The van der Waals surface area contributed by atoms with Crippen LogP contribution in [0.4, 0.5) is 13.2 Å². The SMILES string of the molecule is O=C(N1N=CCC1c1cc(F)cc(F)c1)C12CC(COc3cccc(F)c3Cl)C(C1)C2. The summed E-state index contributed by atoms with van der Waals surface area (Å²) >= 11 is 5.96. The Morgan fingerprint density at radius 2 is 1.90 bits per heavy atom. The molecule has 3 aliphatic carbocycles. The number of hydrazone groups is 1. The van der Waals surface area contributed by atoms with Crippen molar-refractivity contribution in [1.29, 1.82) is 0 Å². The van der Waals surface area contributed by atoms with Crippen molar-refractivity contribution in [2.24, 2.45) is 22.4 Å². The molecule has 1 amide bonds. The molecule has 1 aliphatic heterocycles. The Labute approximate surface area is 182 Å². The molecule has 162 valence electrons. The first-order chi connectivity index (χ1) is 14.9. The van der Waals surface area contributed by atoms with Gasteiger partial charge in [-0.2, -0.15) is 5.10 Å². The van der Waals surface area contributed by atoms with Gasteiger partial charge in [0.25, 0.3) is 0 Å². The largest absolute Gasteiger partial charge is 0.492 e. The number of amides is 1. The quantitative estimate of drug-likeness (QED) is 0.605. The molecule has 0 radical (unpaired) electrons. The maximum absolute atomic E-state index is 13.7. The van der Waals surface area contributed by atoms with Crippen LogP contribution in [0, 0.1) is 34.7 Å². The Balaban J connectivity index is 1.27. The molecule has 2 bridgehead atoms. The maximum Gasteiger partial charge on any atom is 0.249 e. The van der Waals surface area contributed by atoms with Crippen LogP contribution in [-0.4, -0.2) is 23.7 Å². The van der Waals surface area contributed by atoms with E-state index in [4.69, 9.17) is 16.3 Å². The molecular formula is C23H20ClF3N2O2. The van der Waals surface area contributed by atoms with E-state index < -0.39 is 28.9 Å². The second kappa shape index (κ2) is 7.55. The van der Waals surface area contributed by atoms with E-state index in [0.717, 1.165) is 18.9 Å². The zero-order valence-corrected chi connectivity index (χ0v) is 17.3. The van der Waals surface area contributed by atoms with Gasteiger partial charge in [0.2, 0.25) is 5.91 Å². The van der Waals surface area contributed by atoms with Crippen molar-refractivity contribution >= 4 is 23.7 Å². The van der Waals surface area contributed by atoms with E-state index in [1.165, 1.54) is 29.3 Å². The third-order valence-electron chi connectivity index (χ3n) is 6.76. The summed E-state index contributed by atoms with van der Waals surface area (Å²) in [5.41, 5.74) is -0.134. The lowest BCUT2D eigenvalue weighted by atomic mass is 9.68. The number of nitrogens with zero attached hydrogens (tertiary/aromatic N) is 2. The molecule has 2 unspecified atom stereocenters. The minimum Gasteiger partial charge on any atom is -0.492 e. The molecule has 0 aromatic heterocycles. The number of carbonyl (C=O) groups is 1. The van der Waals surface area contributed by atoms with Crippen molar-refractivity contribution in [1.82, 2.24) is 5.01 Å². The highest BCUT2D eigenvalue weighted by atomic mass is 35.5. The first-order valence-electron chi connectivity index (χ1n) is 10.3. The number of fused-ring (bicyclic) bond motifs is 1. The molecule has 2 atom stereocenters. The topological polar surface area (TPSA) is 41.9 Å². The van der Waals surface area contributed by atoms with Crippen LogP contribution in [0.1, 0.15) is 37.3 Å². The summed E-state index contributed by atoms with van der Waals surface area (Å²) in [7, 11) is 0. The molecule has 3 saturated carbocycles. The van der Waals surface area contributed by atoms with Gasteiger partial charge < -0.3 is 4.74 Å². The molecular weight excluding hydrogens is 429 g/mol. The van der Waals surface area contributed by atoms with Gasteiger partial charge in [0.15, 0.2) is 0 Å². The van der Waals surface area contributed by atoms with E-state index in [2.05, 4.69) is 5.10 Å². The first-order valence-corrected chi connectivity index (χ1v) is 10.6. The van der Waals surface area contributed by atoms with Crippen molar-refractivity contribution in [2.45, 2.75) is 31.7 Å². The third-order valence-corrected chi connectivity index (χ3v) is 7.12. The fourth-order valence-electron chi connectivity index (χ4n) is 5.26. The minimum absolute atomic E-state index is 0.0461. The van der Waals surface area contributed by atoms with E-state index in [1.54, 1.807) is 12.3 Å². The molecule has 1 heterocycles. The summed E-state index contributed by atoms with van der Waals surface area (Å²) in [6.07, 6.45) is 4.12. The second-order valence-corrected chi connectivity index (χ2v) is 9.06. The highest BCUT2D eigenvalue weighted by molar-refractivity contribution is 6.32. The minimum atomic E-state index is -0.676. The molecule has 4 aliphatic rings. The Hall–Kier alpha value is -2.54. The summed E-state index contributed by atoms with van der Waals surface area (Å²) in [5, 5.41) is 5.57. The van der Waals surface area contributed by atoms with Gasteiger partial charge in [-0.15, -0.1) is 0 Å². The van der Waals surface area contributed by atoms with Crippen molar-refractivity contribution in [3.8, 4) is 5.75 Å². The van der Waals surface area contributed by atoms with E-state index >= 15 is 0 Å². The Bertz CT molecular complexity index is 1050. The molecule has 4 nitrogen and oxygen atoms in total. The molecule has 0 spiro atoms. The monoisotopic (exact) mass is 448 g/mol. The van der Waals surface area contributed by atoms with Crippen LogP contribution in [-0.2, 0) is 4.79 Å². The number of benzene rings is 2. The van der Waals surface area contributed by atoms with E-state index in [0.29, 0.717) is 36.7 Å². The number of hydrogen-bond acceptors (Lipinski definition) is 3. The smallest absolute Gasteiger partial charge is 0.249 e. The van der Waals surface area contributed by atoms with Crippen LogP contribution in [0.25, 0.3) is 0 Å². The first kappa shape index (κ1) is 20.4. The summed E-state index contributed by atoms with van der Waals surface area (Å²) in [6, 6.07) is 7.23. The van der Waals surface area contributed by atoms with E-state index in [-0.39, 0.29) is 16.8 Å². The highest BCUT2D eigenvalue weighted by Crippen LogP contribution is 2.63. The normalized spacial score (nSPS) is 28.6. The number of carbonyl (C=O) groups excluding carboxylic acids is 1. The lowest BCUT2D eigenvalue weighted by Crippen LogP contribution is -2.45. The molecule has 0 N–H and O–H groups in total. The fourth-order valence-corrected chi connectivity index (χ4v) is 5.44. The Morgan fingerprint density at radius 3 is 2.65 bits per heavy atom. The molecule has 2 aromatic carbocycles. The third kappa shape index (κ3) is 3.49. The van der Waals surface area contributed by atoms with Crippen molar-refractivity contribution in [2.75, 3.05) is 6.61 Å². The van der Waals surface area contributed by atoms with Gasteiger partial charge in [0.05, 0.1) is 18.1 Å². The van der Waals surface area contributed by atoms with Gasteiger partial charge in [0.1, 0.15) is 28.2 Å². The predicted octanol–water partition coefficient (Wildman–Crippen LogP) is 5.51. The molecule has 0 saturated heterocycles. The number of halogens is 4. The van der Waals surface area contributed by atoms with Crippen LogP contribution in [0.5, 0.6) is 5.75 Å². The van der Waals surface area contributed by atoms with Crippen molar-refractivity contribution in [3.63, 3.8) is 0 Å². The molecule has 8 heteroatoms. The molecule has 31 heavy (non-hydrogen) atoms. The van der Waals surface area contributed by atoms with Gasteiger partial charge >= 0.3 is 0 Å². The van der Waals surface area contributed by atoms with E-state index in [9.17, 15) is 18.0 Å². The Kier molecular flexibility index (Phi) is 4.96. The van der Waals surface area contributed by atoms with Crippen molar-refractivity contribution in [3.05, 3.63) is 64.4 Å². The van der Waals surface area contributed by atoms with Gasteiger partial charge in [0, 0.05) is 18.7 Å². The highest BCUT2D eigenvalue weighted by Gasteiger charge is 2.62.